The summed E-state index contributed by atoms with van der Waals surface area (Å²) < 4.78 is 5.04. The summed E-state index contributed by atoms with van der Waals surface area (Å²) in [5.74, 6) is -0.981. The summed E-state index contributed by atoms with van der Waals surface area (Å²) in [6, 6.07) is 0. The molecule has 7 heteroatoms. The topological polar surface area (TPSA) is 78.9 Å². The van der Waals surface area contributed by atoms with E-state index in [0.29, 0.717) is 13.2 Å². The molecule has 1 rings (SSSR count). The summed E-state index contributed by atoms with van der Waals surface area (Å²) in [5.41, 5.74) is 0. The number of nitrogens with one attached hydrogen (secondary N) is 1. The van der Waals surface area contributed by atoms with Gasteiger partial charge >= 0.3 is 0 Å². The summed E-state index contributed by atoms with van der Waals surface area (Å²) in [6.07, 6.45) is -2.51. The molecule has 0 aromatic heterocycles. The molecular formula is C7H13BN2O4. The van der Waals surface area contributed by atoms with Crippen LogP contribution in [0, 0.1) is 0 Å². The highest BCUT2D eigenvalue weighted by molar-refractivity contribution is 6.15. The van der Waals surface area contributed by atoms with E-state index in [1.54, 1.807) is 7.05 Å². The number of morpholine rings is 1. The predicted molar refractivity (Wildman–Crippen MR) is 50.1 cm³/mol. The van der Waals surface area contributed by atoms with Gasteiger partial charge in [0.25, 0.3) is 5.91 Å². The van der Waals surface area contributed by atoms with E-state index in [4.69, 9.17) is 4.74 Å². The van der Waals surface area contributed by atoms with Crippen LogP contribution in [0.3, 0.4) is 0 Å². The molecule has 0 aliphatic carbocycles. The normalized spacial score (nSPS) is 24.6. The zero-order chi connectivity index (χ0) is 10.7. The van der Waals surface area contributed by atoms with Crippen LogP contribution in [0.15, 0.2) is 0 Å². The van der Waals surface area contributed by atoms with Crippen LogP contribution >= 0.6 is 0 Å². The highest BCUT2D eigenvalue weighted by atomic mass is 16.5. The maximum Gasteiger partial charge on any atom is 0.254 e. The highest BCUT2D eigenvalue weighted by Gasteiger charge is 2.36. The molecule has 6 nitrogen and oxygen atoms in total. The van der Waals surface area contributed by atoms with E-state index in [-0.39, 0.29) is 5.91 Å². The first-order chi connectivity index (χ1) is 6.57. The maximum atomic E-state index is 11.4. The lowest BCUT2D eigenvalue weighted by atomic mass is 10.1. The predicted octanol–water partition coefficient (Wildman–Crippen LogP) is -3.13. The molecule has 2 atom stereocenters. The van der Waals surface area contributed by atoms with Crippen molar-refractivity contribution >= 4 is 19.8 Å². The van der Waals surface area contributed by atoms with E-state index in [9.17, 15) is 14.7 Å². The number of ether oxygens (including phenoxy) is 1. The van der Waals surface area contributed by atoms with Crippen LogP contribution in [0.4, 0.5) is 0 Å². The van der Waals surface area contributed by atoms with Gasteiger partial charge in [-0.15, -0.1) is 0 Å². The Bertz CT molecular complexity index is 248. The van der Waals surface area contributed by atoms with E-state index < -0.39 is 18.1 Å². The van der Waals surface area contributed by atoms with Gasteiger partial charge < -0.3 is 20.0 Å². The van der Waals surface area contributed by atoms with Crippen LogP contribution < -0.4 is 5.23 Å². The lowest BCUT2D eigenvalue weighted by Gasteiger charge is -2.31. The van der Waals surface area contributed by atoms with Crippen molar-refractivity contribution in [3.8, 4) is 0 Å². The lowest BCUT2D eigenvalue weighted by molar-refractivity contribution is -0.165. The number of aliphatic hydroxyl groups is 1. The highest BCUT2D eigenvalue weighted by Crippen LogP contribution is 2.09. The molecule has 0 bridgehead atoms. The molecule has 0 radical (unpaired) electrons. The van der Waals surface area contributed by atoms with Crippen LogP contribution in [-0.4, -0.2) is 62.2 Å². The summed E-state index contributed by atoms with van der Waals surface area (Å²) in [6.45, 7) is 0.816. The second kappa shape index (κ2) is 4.43. The first kappa shape index (κ1) is 11.0. The van der Waals surface area contributed by atoms with E-state index in [1.165, 1.54) is 12.9 Å². The molecule has 1 aliphatic rings. The average Bonchev–Trinajstić information content (AvgIpc) is 2.20. The Morgan fingerprint density at radius 3 is 3.07 bits per heavy atom. The van der Waals surface area contributed by atoms with Crippen LogP contribution in [0.25, 0.3) is 0 Å². The Hall–Kier alpha value is -1.08. The molecule has 0 spiro atoms. The molecule has 2 amide bonds. The minimum atomic E-state index is -1.43. The van der Waals surface area contributed by atoms with Crippen LogP contribution in [0.1, 0.15) is 0 Å². The fourth-order valence-corrected chi connectivity index (χ4v) is 1.23. The first-order valence-electron chi connectivity index (χ1n) is 4.34. The van der Waals surface area contributed by atoms with Crippen molar-refractivity contribution in [1.29, 1.82) is 0 Å². The first-order valence-corrected chi connectivity index (χ1v) is 4.34. The van der Waals surface area contributed by atoms with Crippen LogP contribution in [0.5, 0.6) is 0 Å². The average molecular weight is 200 g/mol. The van der Waals surface area contributed by atoms with Crippen molar-refractivity contribution in [2.45, 2.75) is 12.2 Å². The van der Waals surface area contributed by atoms with Gasteiger partial charge in [-0.25, -0.2) is 0 Å². The number of aliphatic hydroxyl groups excluding tert-OH is 1. The Morgan fingerprint density at radius 1 is 1.86 bits per heavy atom. The zero-order valence-corrected chi connectivity index (χ0v) is 8.19. The molecule has 14 heavy (non-hydrogen) atoms. The van der Waals surface area contributed by atoms with Crippen molar-refractivity contribution in [1.82, 2.24) is 10.1 Å². The molecule has 0 aromatic carbocycles. The van der Waals surface area contributed by atoms with E-state index in [0.717, 1.165) is 0 Å². The number of hydrogen-bond donors (Lipinski definition) is 2. The monoisotopic (exact) mass is 200 g/mol. The minimum Gasteiger partial charge on any atom is -0.404 e. The molecule has 0 saturated carbocycles. The number of carbonyl (C=O) groups excluding carboxylic acids is 2. The third-order valence-electron chi connectivity index (χ3n) is 2.15. The van der Waals surface area contributed by atoms with Crippen molar-refractivity contribution in [2.24, 2.45) is 0 Å². The van der Waals surface area contributed by atoms with Crippen LogP contribution in [0.2, 0.25) is 0 Å². The second-order valence-electron chi connectivity index (χ2n) is 3.11. The quantitative estimate of drug-likeness (QED) is 0.462. The molecule has 1 heterocycles. The molecule has 1 fully saturated rings. The lowest BCUT2D eigenvalue weighted by Crippen LogP contribution is -2.54. The van der Waals surface area contributed by atoms with E-state index in [2.05, 4.69) is 5.23 Å². The van der Waals surface area contributed by atoms with E-state index in [1.807, 2.05) is 0 Å². The number of likely N-dealkylation sites (N-methyl/N-ethyl adjacent to an activating group) is 1. The van der Waals surface area contributed by atoms with Gasteiger partial charge in [-0.3, -0.25) is 9.59 Å². The summed E-state index contributed by atoms with van der Waals surface area (Å²) in [5, 5.41) is 11.7. The molecule has 78 valence electrons. The minimum absolute atomic E-state index is 0.334. The molecule has 0 aromatic rings. The number of carbonyl (C=O) groups is 2. The fourth-order valence-electron chi connectivity index (χ4n) is 1.23. The maximum absolute atomic E-state index is 11.4. The van der Waals surface area contributed by atoms with Gasteiger partial charge in [-0.2, -0.15) is 0 Å². The van der Waals surface area contributed by atoms with Gasteiger partial charge in [0.05, 0.1) is 6.61 Å². The third-order valence-corrected chi connectivity index (χ3v) is 2.15. The summed E-state index contributed by atoms with van der Waals surface area (Å²) in [7, 11) is 3.00. The van der Waals surface area contributed by atoms with Gasteiger partial charge in [-0.05, 0) is 0 Å². The summed E-state index contributed by atoms with van der Waals surface area (Å²) >= 11 is 0. The number of hydrogen-bond acceptors (Lipinski definition) is 4. The van der Waals surface area contributed by atoms with Crippen molar-refractivity contribution in [3.05, 3.63) is 0 Å². The van der Waals surface area contributed by atoms with Gasteiger partial charge in [-0.1, -0.05) is 0 Å². The molecule has 2 N–H and O–H groups in total. The van der Waals surface area contributed by atoms with Crippen molar-refractivity contribution in [3.63, 3.8) is 0 Å². The van der Waals surface area contributed by atoms with Gasteiger partial charge in [0.15, 0.2) is 12.2 Å². The largest absolute Gasteiger partial charge is 0.404 e. The number of rotatable bonds is 2. The Kier molecular flexibility index (Phi) is 3.48. The Balaban J connectivity index is 2.66. The zero-order valence-electron chi connectivity index (χ0n) is 8.19. The molecular weight excluding hydrogens is 187 g/mol. The molecule has 0 unspecified atom stereocenters. The number of amides is 2. The summed E-state index contributed by atoms with van der Waals surface area (Å²) in [4.78, 5) is 23.9. The fraction of sp³-hybridized carbons (Fsp3) is 0.714. The van der Waals surface area contributed by atoms with Gasteiger partial charge in [0, 0.05) is 13.6 Å². The SMILES string of the molecule is BNC(=O)[C@H](O)[C@H]1OCCN(C)C1=O. The van der Waals surface area contributed by atoms with E-state index >= 15 is 0 Å². The van der Waals surface area contributed by atoms with Gasteiger partial charge in [0.2, 0.25) is 13.9 Å². The third kappa shape index (κ3) is 2.05. The Labute approximate surface area is 82.6 Å². The second-order valence-corrected chi connectivity index (χ2v) is 3.11. The Morgan fingerprint density at radius 2 is 2.50 bits per heavy atom. The van der Waals surface area contributed by atoms with Gasteiger partial charge in [0.1, 0.15) is 0 Å². The molecule has 1 aliphatic heterocycles. The smallest absolute Gasteiger partial charge is 0.254 e. The number of nitrogens with zero attached hydrogens (tertiary/aromatic N) is 1. The molecule has 1 saturated heterocycles. The van der Waals surface area contributed by atoms with Crippen molar-refractivity contribution < 1.29 is 19.4 Å². The van der Waals surface area contributed by atoms with Crippen molar-refractivity contribution in [2.75, 3.05) is 20.2 Å². The standard InChI is InChI=1S/C7H13BN2O4/c1-10-2-3-14-5(7(10)13)4(11)6(12)9-8/h4-5,11H,2-3,8H2,1H3,(H,9,12)/t4-,5-/m1/s1. The van der Waals surface area contributed by atoms with Crippen LogP contribution in [-0.2, 0) is 14.3 Å².